The average molecular weight is 361 g/mol. The molecule has 4 nitrogen and oxygen atoms in total. The van der Waals surface area contributed by atoms with Gasteiger partial charge >= 0.3 is 18.3 Å². The Morgan fingerprint density at radius 3 is 2.17 bits per heavy atom. The number of carboxylic acids is 1. The number of rotatable bonds is 2. The Hall–Kier alpha value is -1.48. The molecule has 138 valence electrons. The van der Waals surface area contributed by atoms with Gasteiger partial charge in [0.25, 0.3) is 0 Å². The molecule has 1 saturated heterocycles. The van der Waals surface area contributed by atoms with Crippen molar-refractivity contribution in [2.24, 2.45) is 17.3 Å². The van der Waals surface area contributed by atoms with E-state index in [1.807, 2.05) is 0 Å². The normalized spacial score (nSPS) is 32.0. The highest BCUT2D eigenvalue weighted by Gasteiger charge is 2.64. The molecule has 1 N–H and O–H groups in total. The summed E-state index contributed by atoms with van der Waals surface area (Å²) in [6.07, 6.45) is -10.5. The van der Waals surface area contributed by atoms with Crippen molar-refractivity contribution in [1.82, 2.24) is 4.90 Å². The molecule has 0 aromatic heterocycles. The number of aliphatic carboxylic acids is 1. The first-order chi connectivity index (χ1) is 10.9. The minimum Gasteiger partial charge on any atom is -0.481 e. The van der Waals surface area contributed by atoms with E-state index >= 15 is 0 Å². The summed E-state index contributed by atoms with van der Waals surface area (Å²) in [5.74, 6) is -5.53. The average Bonchev–Trinajstić information content (AvgIpc) is 2.92. The Kier molecular flexibility index (Phi) is 4.80. The topological polar surface area (TPSA) is 57.6 Å². The summed E-state index contributed by atoms with van der Waals surface area (Å²) in [7, 11) is 0. The summed E-state index contributed by atoms with van der Waals surface area (Å²) in [5.41, 5.74) is -3.04. The number of hydrogen-bond acceptors (Lipinski definition) is 2. The number of alkyl halides is 6. The molecule has 1 aliphatic heterocycles. The molecule has 0 bridgehead atoms. The number of carbonyl (C=O) groups is 2. The zero-order valence-electron chi connectivity index (χ0n) is 12.6. The second-order valence-electron chi connectivity index (χ2n) is 6.50. The van der Waals surface area contributed by atoms with Gasteiger partial charge in [0.1, 0.15) is 0 Å². The van der Waals surface area contributed by atoms with Gasteiger partial charge in [-0.3, -0.25) is 9.59 Å². The molecule has 1 heterocycles. The Bertz CT molecular complexity index is 518. The lowest BCUT2D eigenvalue weighted by Gasteiger charge is -2.33. The van der Waals surface area contributed by atoms with E-state index in [0.29, 0.717) is 0 Å². The number of likely N-dealkylation sites (tertiary alicyclic amines) is 1. The number of carboxylic acid groups (broad SMARTS) is 1. The number of hydrogen-bond donors (Lipinski definition) is 1. The molecule has 1 aliphatic carbocycles. The Balaban J connectivity index is 2.10. The summed E-state index contributed by atoms with van der Waals surface area (Å²) < 4.78 is 77.7. The van der Waals surface area contributed by atoms with Crippen molar-refractivity contribution in [3.8, 4) is 0 Å². The van der Waals surface area contributed by atoms with Gasteiger partial charge in [0.15, 0.2) is 5.41 Å². The monoisotopic (exact) mass is 361 g/mol. The Labute approximate surface area is 133 Å². The molecule has 0 aromatic rings. The lowest BCUT2D eigenvalue weighted by atomic mass is 9.80. The summed E-state index contributed by atoms with van der Waals surface area (Å²) in [6.45, 7) is -1.46. The van der Waals surface area contributed by atoms with E-state index in [0.717, 1.165) is 4.90 Å². The van der Waals surface area contributed by atoms with Crippen LogP contribution in [-0.2, 0) is 9.59 Å². The molecule has 3 unspecified atom stereocenters. The van der Waals surface area contributed by atoms with E-state index in [4.69, 9.17) is 5.11 Å². The maximum atomic E-state index is 13.1. The maximum absolute atomic E-state index is 13.1. The highest BCUT2D eigenvalue weighted by Crippen LogP contribution is 2.47. The van der Waals surface area contributed by atoms with Crippen molar-refractivity contribution < 1.29 is 41.0 Å². The SMILES string of the molecule is O=C(C1CCCC(C(F)(F)F)C1)N1CCC(C(=O)O)(C(F)(F)F)C1. The van der Waals surface area contributed by atoms with Crippen LogP contribution in [0.15, 0.2) is 0 Å². The van der Waals surface area contributed by atoms with E-state index < -0.39 is 67.4 Å². The van der Waals surface area contributed by atoms with Crippen molar-refractivity contribution in [3.05, 3.63) is 0 Å². The van der Waals surface area contributed by atoms with Crippen molar-refractivity contribution in [1.29, 1.82) is 0 Å². The van der Waals surface area contributed by atoms with Gasteiger partial charge in [-0.25, -0.2) is 0 Å². The van der Waals surface area contributed by atoms with Crippen LogP contribution in [0.5, 0.6) is 0 Å². The van der Waals surface area contributed by atoms with Crippen molar-refractivity contribution >= 4 is 11.9 Å². The standard InChI is InChI=1S/C14H17F6NO3/c15-13(16,17)9-3-1-2-8(6-9)10(22)21-5-4-12(7-21,11(23)24)14(18,19)20/h8-9H,1-7H2,(H,23,24). The van der Waals surface area contributed by atoms with Gasteiger partial charge in [-0.05, 0) is 25.7 Å². The molecule has 2 rings (SSSR count). The van der Waals surface area contributed by atoms with E-state index in [1.165, 1.54) is 0 Å². The molecule has 1 saturated carbocycles. The molecular weight excluding hydrogens is 344 g/mol. The molecular formula is C14H17F6NO3. The second kappa shape index (κ2) is 6.11. The minimum atomic E-state index is -5.03. The first kappa shape index (κ1) is 18.9. The second-order valence-corrected chi connectivity index (χ2v) is 6.50. The minimum absolute atomic E-state index is 0.102. The molecule has 1 amide bonds. The molecule has 3 atom stereocenters. The first-order valence-corrected chi connectivity index (χ1v) is 7.54. The van der Waals surface area contributed by atoms with Gasteiger partial charge in [0.2, 0.25) is 5.91 Å². The highest BCUT2D eigenvalue weighted by atomic mass is 19.4. The maximum Gasteiger partial charge on any atom is 0.406 e. The largest absolute Gasteiger partial charge is 0.481 e. The lowest BCUT2D eigenvalue weighted by molar-refractivity contribution is -0.227. The van der Waals surface area contributed by atoms with Crippen LogP contribution in [0.2, 0.25) is 0 Å². The van der Waals surface area contributed by atoms with Crippen LogP contribution >= 0.6 is 0 Å². The molecule has 10 heteroatoms. The number of nitrogens with zero attached hydrogens (tertiary/aromatic N) is 1. The van der Waals surface area contributed by atoms with Gasteiger partial charge in [-0.1, -0.05) is 6.42 Å². The molecule has 0 spiro atoms. The Morgan fingerprint density at radius 1 is 1.08 bits per heavy atom. The smallest absolute Gasteiger partial charge is 0.406 e. The van der Waals surface area contributed by atoms with Gasteiger partial charge < -0.3 is 10.0 Å². The highest BCUT2D eigenvalue weighted by molar-refractivity contribution is 5.82. The van der Waals surface area contributed by atoms with Gasteiger partial charge in [-0.15, -0.1) is 0 Å². The van der Waals surface area contributed by atoms with E-state index in [9.17, 15) is 35.9 Å². The zero-order chi connectivity index (χ0) is 18.3. The lowest BCUT2D eigenvalue weighted by Crippen LogP contribution is -2.48. The summed E-state index contributed by atoms with van der Waals surface area (Å²) in [6, 6.07) is 0. The fraction of sp³-hybridized carbons (Fsp3) is 0.857. The van der Waals surface area contributed by atoms with E-state index in [1.54, 1.807) is 0 Å². The third kappa shape index (κ3) is 3.32. The molecule has 2 fully saturated rings. The van der Waals surface area contributed by atoms with Crippen LogP contribution in [0, 0.1) is 17.3 Å². The van der Waals surface area contributed by atoms with Crippen molar-refractivity contribution in [2.45, 2.75) is 44.5 Å². The Morgan fingerprint density at radius 2 is 1.71 bits per heavy atom. The molecule has 0 aromatic carbocycles. The fourth-order valence-corrected chi connectivity index (χ4v) is 3.49. The summed E-state index contributed by atoms with van der Waals surface area (Å²) >= 11 is 0. The third-order valence-corrected chi connectivity index (χ3v) is 5.02. The quantitative estimate of drug-likeness (QED) is 0.769. The molecule has 2 aliphatic rings. The van der Waals surface area contributed by atoms with Crippen LogP contribution in [0.3, 0.4) is 0 Å². The molecule has 0 radical (unpaired) electrons. The summed E-state index contributed by atoms with van der Waals surface area (Å²) in [5, 5.41) is 8.95. The third-order valence-electron chi connectivity index (χ3n) is 5.02. The van der Waals surface area contributed by atoms with Crippen LogP contribution < -0.4 is 0 Å². The van der Waals surface area contributed by atoms with Crippen LogP contribution in [0.25, 0.3) is 0 Å². The van der Waals surface area contributed by atoms with Crippen molar-refractivity contribution in [3.63, 3.8) is 0 Å². The van der Waals surface area contributed by atoms with Gasteiger partial charge in [0, 0.05) is 19.0 Å². The predicted octanol–water partition coefficient (Wildman–Crippen LogP) is 3.22. The van der Waals surface area contributed by atoms with Gasteiger partial charge in [-0.2, -0.15) is 26.3 Å². The fourth-order valence-electron chi connectivity index (χ4n) is 3.49. The van der Waals surface area contributed by atoms with Crippen LogP contribution in [0.4, 0.5) is 26.3 Å². The van der Waals surface area contributed by atoms with Crippen LogP contribution in [0.1, 0.15) is 32.1 Å². The number of carbonyl (C=O) groups excluding carboxylic acids is 1. The first-order valence-electron chi connectivity index (χ1n) is 7.54. The number of amides is 1. The van der Waals surface area contributed by atoms with Gasteiger partial charge in [0.05, 0.1) is 5.92 Å². The molecule has 24 heavy (non-hydrogen) atoms. The number of halogens is 6. The predicted molar refractivity (Wildman–Crippen MR) is 68.8 cm³/mol. The van der Waals surface area contributed by atoms with E-state index in [-0.39, 0.29) is 19.3 Å². The zero-order valence-corrected chi connectivity index (χ0v) is 12.6. The summed E-state index contributed by atoms with van der Waals surface area (Å²) in [4.78, 5) is 24.2. The van der Waals surface area contributed by atoms with E-state index in [2.05, 4.69) is 0 Å². The van der Waals surface area contributed by atoms with Crippen molar-refractivity contribution in [2.75, 3.05) is 13.1 Å². The van der Waals surface area contributed by atoms with Crippen LogP contribution in [-0.4, -0.2) is 47.3 Å².